The van der Waals surface area contributed by atoms with Crippen LogP contribution in [0.4, 0.5) is 5.69 Å². The van der Waals surface area contributed by atoms with E-state index in [1.54, 1.807) is 18.3 Å². The quantitative estimate of drug-likeness (QED) is 0.765. The number of anilines is 1. The van der Waals surface area contributed by atoms with E-state index < -0.39 is 0 Å². The number of aliphatic imine (C=N–C) groups is 1. The van der Waals surface area contributed by atoms with E-state index in [1.807, 2.05) is 17.0 Å². The number of rotatable bonds is 5. The molecule has 1 aromatic carbocycles. The molecule has 0 N–H and O–H groups in total. The van der Waals surface area contributed by atoms with Gasteiger partial charge < -0.3 is 9.80 Å². The van der Waals surface area contributed by atoms with E-state index in [2.05, 4.69) is 35.7 Å². The second kappa shape index (κ2) is 7.84. The molecule has 3 rings (SSSR count). The van der Waals surface area contributed by atoms with Gasteiger partial charge in [-0.25, -0.2) is 0 Å². The number of piperidine rings is 1. The summed E-state index contributed by atoms with van der Waals surface area (Å²) >= 11 is 0. The highest BCUT2D eigenvalue weighted by molar-refractivity contribution is 6.00. The molecule has 1 spiro atoms. The van der Waals surface area contributed by atoms with Gasteiger partial charge in [-0.1, -0.05) is 6.08 Å². The second-order valence-corrected chi connectivity index (χ2v) is 7.33. The van der Waals surface area contributed by atoms with Crippen LogP contribution in [-0.4, -0.2) is 43.2 Å². The Hall–Kier alpha value is -2.45. The number of benzene rings is 1. The first-order valence-electron chi connectivity index (χ1n) is 9.27. The SMILES string of the molecule is C=N/C=C/CC(C)N1CCC2(CCN(c3ccc(C#N)cc3)C2=O)CC1. The lowest BCUT2D eigenvalue weighted by molar-refractivity contribution is -0.128. The maximum absolute atomic E-state index is 13.1. The van der Waals surface area contributed by atoms with E-state index in [0.717, 1.165) is 51.0 Å². The number of carbonyl (C=O) groups is 1. The summed E-state index contributed by atoms with van der Waals surface area (Å²) in [7, 11) is 0. The van der Waals surface area contributed by atoms with Gasteiger partial charge in [0, 0.05) is 24.5 Å². The van der Waals surface area contributed by atoms with Gasteiger partial charge >= 0.3 is 0 Å². The van der Waals surface area contributed by atoms with Crippen molar-refractivity contribution < 1.29 is 4.79 Å². The molecule has 26 heavy (non-hydrogen) atoms. The first-order valence-corrected chi connectivity index (χ1v) is 9.27. The largest absolute Gasteiger partial charge is 0.312 e. The van der Waals surface area contributed by atoms with Crippen molar-refractivity contribution in [2.75, 3.05) is 24.5 Å². The normalized spacial score (nSPS) is 21.2. The average molecular weight is 350 g/mol. The lowest BCUT2D eigenvalue weighted by Crippen LogP contribution is -2.47. The van der Waals surface area contributed by atoms with E-state index in [4.69, 9.17) is 5.26 Å². The third-order valence-corrected chi connectivity index (χ3v) is 5.89. The second-order valence-electron chi connectivity index (χ2n) is 7.33. The number of amides is 1. The molecule has 1 atom stereocenters. The van der Waals surface area contributed by atoms with Gasteiger partial charge in [-0.3, -0.25) is 9.79 Å². The molecule has 5 nitrogen and oxygen atoms in total. The molecule has 0 radical (unpaired) electrons. The van der Waals surface area contributed by atoms with Crippen LogP contribution in [0.2, 0.25) is 0 Å². The van der Waals surface area contributed by atoms with Crippen molar-refractivity contribution in [3.8, 4) is 6.07 Å². The molecule has 0 saturated carbocycles. The molecule has 5 heteroatoms. The molecule has 2 aliphatic heterocycles. The maximum Gasteiger partial charge on any atom is 0.233 e. The van der Waals surface area contributed by atoms with Crippen molar-refractivity contribution in [1.29, 1.82) is 5.26 Å². The zero-order valence-corrected chi connectivity index (χ0v) is 15.4. The first kappa shape index (κ1) is 18.3. The number of nitriles is 1. The van der Waals surface area contributed by atoms with Gasteiger partial charge in [0.2, 0.25) is 5.91 Å². The third-order valence-electron chi connectivity index (χ3n) is 5.89. The zero-order chi connectivity index (χ0) is 18.6. The lowest BCUT2D eigenvalue weighted by Gasteiger charge is -2.40. The molecule has 2 saturated heterocycles. The maximum atomic E-state index is 13.1. The Labute approximate surface area is 155 Å². The molecular weight excluding hydrogens is 324 g/mol. The Morgan fingerprint density at radius 2 is 1.92 bits per heavy atom. The van der Waals surface area contributed by atoms with Gasteiger partial charge in [-0.2, -0.15) is 5.26 Å². The van der Waals surface area contributed by atoms with E-state index in [9.17, 15) is 4.79 Å². The summed E-state index contributed by atoms with van der Waals surface area (Å²) in [4.78, 5) is 21.3. The molecule has 2 fully saturated rings. The number of likely N-dealkylation sites (tertiary alicyclic amines) is 1. The first-order chi connectivity index (χ1) is 12.6. The summed E-state index contributed by atoms with van der Waals surface area (Å²) < 4.78 is 0. The van der Waals surface area contributed by atoms with E-state index in [-0.39, 0.29) is 11.3 Å². The molecule has 1 aromatic rings. The van der Waals surface area contributed by atoms with Crippen molar-refractivity contribution in [2.45, 2.75) is 38.6 Å². The molecule has 1 amide bonds. The topological polar surface area (TPSA) is 59.7 Å². The fourth-order valence-corrected chi connectivity index (χ4v) is 4.12. The van der Waals surface area contributed by atoms with Crippen LogP contribution in [-0.2, 0) is 4.79 Å². The highest BCUT2D eigenvalue weighted by Gasteiger charge is 2.48. The molecule has 136 valence electrons. The highest BCUT2D eigenvalue weighted by Crippen LogP contribution is 2.43. The van der Waals surface area contributed by atoms with Crippen LogP contribution in [0.3, 0.4) is 0 Å². The summed E-state index contributed by atoms with van der Waals surface area (Å²) in [5, 5.41) is 8.93. The van der Waals surface area contributed by atoms with Crippen LogP contribution < -0.4 is 4.90 Å². The van der Waals surface area contributed by atoms with Gasteiger partial charge in [-0.05, 0) is 76.7 Å². The highest BCUT2D eigenvalue weighted by atomic mass is 16.2. The van der Waals surface area contributed by atoms with E-state index in [1.165, 1.54) is 0 Å². The minimum absolute atomic E-state index is 0.206. The third kappa shape index (κ3) is 3.56. The summed E-state index contributed by atoms with van der Waals surface area (Å²) in [5.41, 5.74) is 1.32. The fraction of sp³-hybridized carbons (Fsp3) is 0.476. The summed E-state index contributed by atoms with van der Waals surface area (Å²) in [5.74, 6) is 0.255. The number of hydrogen-bond donors (Lipinski definition) is 0. The summed E-state index contributed by atoms with van der Waals surface area (Å²) in [6.45, 7) is 8.38. The van der Waals surface area contributed by atoms with Crippen LogP contribution in [0.15, 0.2) is 41.5 Å². The van der Waals surface area contributed by atoms with Gasteiger partial charge in [0.25, 0.3) is 0 Å². The van der Waals surface area contributed by atoms with Crippen molar-refractivity contribution in [2.24, 2.45) is 10.4 Å². The molecule has 0 aliphatic carbocycles. The van der Waals surface area contributed by atoms with Crippen LogP contribution in [0, 0.1) is 16.7 Å². The van der Waals surface area contributed by atoms with Crippen molar-refractivity contribution in [3.63, 3.8) is 0 Å². The fourth-order valence-electron chi connectivity index (χ4n) is 4.12. The van der Waals surface area contributed by atoms with Crippen LogP contribution in [0.1, 0.15) is 38.2 Å². The van der Waals surface area contributed by atoms with Gasteiger partial charge in [0.15, 0.2) is 0 Å². The van der Waals surface area contributed by atoms with Gasteiger partial charge in [0.1, 0.15) is 0 Å². The number of nitrogens with zero attached hydrogens (tertiary/aromatic N) is 4. The smallest absolute Gasteiger partial charge is 0.233 e. The minimum atomic E-state index is -0.206. The molecule has 1 unspecified atom stereocenters. The lowest BCUT2D eigenvalue weighted by atomic mass is 9.76. The number of carbonyl (C=O) groups excluding carboxylic acids is 1. The average Bonchev–Trinajstić information content (AvgIpc) is 2.99. The van der Waals surface area contributed by atoms with E-state index >= 15 is 0 Å². The van der Waals surface area contributed by atoms with Crippen LogP contribution >= 0.6 is 0 Å². The molecular formula is C21H26N4O. The molecule has 0 bridgehead atoms. The monoisotopic (exact) mass is 350 g/mol. The Morgan fingerprint density at radius 3 is 2.54 bits per heavy atom. The van der Waals surface area contributed by atoms with Crippen molar-refractivity contribution in [3.05, 3.63) is 42.1 Å². The zero-order valence-electron chi connectivity index (χ0n) is 15.4. The van der Waals surface area contributed by atoms with Crippen LogP contribution in [0.25, 0.3) is 0 Å². The van der Waals surface area contributed by atoms with E-state index in [0.29, 0.717) is 11.6 Å². The molecule has 2 heterocycles. The van der Waals surface area contributed by atoms with Gasteiger partial charge in [-0.15, -0.1) is 0 Å². The number of hydrogen-bond acceptors (Lipinski definition) is 4. The Balaban J connectivity index is 1.62. The Kier molecular flexibility index (Phi) is 5.53. The Morgan fingerprint density at radius 1 is 1.27 bits per heavy atom. The minimum Gasteiger partial charge on any atom is -0.312 e. The van der Waals surface area contributed by atoms with Gasteiger partial charge in [0.05, 0.1) is 17.0 Å². The van der Waals surface area contributed by atoms with Crippen molar-refractivity contribution >= 4 is 18.3 Å². The summed E-state index contributed by atoms with van der Waals surface area (Å²) in [6.07, 6.45) is 7.53. The summed E-state index contributed by atoms with van der Waals surface area (Å²) in [6, 6.07) is 9.90. The predicted octanol–water partition coefficient (Wildman–Crippen LogP) is 3.37. The standard InChI is InChI=1S/C21H26N4O/c1-17(4-3-12-23-2)24-13-9-21(10-14-24)11-15-25(20(21)26)19-7-5-18(16-22)6-8-19/h3,5-8,12,17H,2,4,9-11,13-15H2,1H3/b12-3+. The molecule has 2 aliphatic rings. The predicted molar refractivity (Wildman–Crippen MR) is 104 cm³/mol. The Bertz CT molecular complexity index is 723. The van der Waals surface area contributed by atoms with Crippen LogP contribution in [0.5, 0.6) is 0 Å². The molecule has 0 aromatic heterocycles. The van der Waals surface area contributed by atoms with Crippen molar-refractivity contribution in [1.82, 2.24) is 4.90 Å².